The van der Waals surface area contributed by atoms with Crippen LogP contribution in [0.1, 0.15) is 106 Å². The third-order valence-corrected chi connectivity index (χ3v) is 21.0. The molecule has 10 nitrogen and oxygen atoms in total. The maximum Gasteiger partial charge on any atom is 0.407 e. The van der Waals surface area contributed by atoms with Gasteiger partial charge in [-0.2, -0.15) is 0 Å². The highest BCUT2D eigenvalue weighted by Gasteiger charge is 2.44. The summed E-state index contributed by atoms with van der Waals surface area (Å²) in [5.41, 5.74) is 7.54. The topological polar surface area (TPSA) is 135 Å². The van der Waals surface area contributed by atoms with Crippen LogP contribution >= 0.6 is 0 Å². The third kappa shape index (κ3) is 18.0. The number of benzene rings is 3. The number of alkyl carbamates (subject to hydrolysis) is 1. The highest BCUT2D eigenvalue weighted by molar-refractivity contribution is 6.74. The van der Waals surface area contributed by atoms with Gasteiger partial charge in [-0.15, -0.1) is 0 Å². The van der Waals surface area contributed by atoms with E-state index in [1.807, 2.05) is 139 Å². The van der Waals surface area contributed by atoms with E-state index in [2.05, 4.69) is 73.0 Å². The van der Waals surface area contributed by atoms with E-state index in [4.69, 9.17) is 28.8 Å². The molecular formula is C52H80N2O8Si2. The Morgan fingerprint density at radius 1 is 0.641 bits per heavy atom. The first kappa shape index (κ1) is 54.1. The second kappa shape index (κ2) is 22.3. The summed E-state index contributed by atoms with van der Waals surface area (Å²) < 4.78 is 32.5. The van der Waals surface area contributed by atoms with Crippen LogP contribution in [-0.4, -0.2) is 70.2 Å². The molecule has 3 aromatic carbocycles. The van der Waals surface area contributed by atoms with Crippen molar-refractivity contribution in [3.63, 3.8) is 0 Å². The molecule has 0 aromatic heterocycles. The standard InChI is InChI=1S/C52H80N2O8Si2/c1-49(2,3)59-40-32-30-39(31-33-40)35-42(54-48(57)60-50(4,5)6)44(62-64(15,16)52(10,11)12)29-23-28-43(61-63(13,14)51(7,8)9)41(34-37-24-19-17-20-25-37)47(56)58-45(46(53)55)36-38-26-21-18-22-27-38/h17-28,30-33,41-45H,29,34-36H2,1-16H3,(H2,53,55)(H,54,57)/b28-23+/t41-,42+,43+,44+,45+/m1/s1. The molecule has 0 saturated carbocycles. The molecule has 64 heavy (non-hydrogen) atoms. The zero-order valence-electron chi connectivity index (χ0n) is 41.8. The van der Waals surface area contributed by atoms with E-state index >= 15 is 0 Å². The Bertz CT molecular complexity index is 1960. The van der Waals surface area contributed by atoms with Crippen molar-refractivity contribution >= 4 is 34.6 Å². The lowest BCUT2D eigenvalue weighted by molar-refractivity contribution is -0.161. The van der Waals surface area contributed by atoms with Crippen LogP contribution in [0.15, 0.2) is 97.1 Å². The number of primary amides is 1. The highest BCUT2D eigenvalue weighted by Crippen LogP contribution is 2.40. The maximum atomic E-state index is 14.7. The third-order valence-electron chi connectivity index (χ3n) is 12.0. The number of amides is 2. The molecule has 3 rings (SSSR count). The summed E-state index contributed by atoms with van der Waals surface area (Å²) in [5.74, 6) is -1.38. The Morgan fingerprint density at radius 2 is 1.12 bits per heavy atom. The van der Waals surface area contributed by atoms with Crippen LogP contribution in [0, 0.1) is 5.92 Å². The molecule has 5 atom stereocenters. The lowest BCUT2D eigenvalue weighted by Crippen LogP contribution is -2.53. The van der Waals surface area contributed by atoms with Crippen molar-refractivity contribution in [1.29, 1.82) is 0 Å². The molecule has 0 radical (unpaired) electrons. The number of ether oxygens (including phenoxy) is 3. The second-order valence-electron chi connectivity index (χ2n) is 22.1. The highest BCUT2D eigenvalue weighted by atomic mass is 28.4. The molecule has 0 aliphatic carbocycles. The number of hydrogen-bond acceptors (Lipinski definition) is 8. The smallest absolute Gasteiger partial charge is 0.407 e. The van der Waals surface area contributed by atoms with Crippen molar-refractivity contribution < 1.29 is 37.4 Å². The molecule has 3 N–H and O–H groups in total. The van der Waals surface area contributed by atoms with Gasteiger partial charge in [0.05, 0.1) is 24.2 Å². The van der Waals surface area contributed by atoms with E-state index in [9.17, 15) is 14.4 Å². The van der Waals surface area contributed by atoms with Gasteiger partial charge in [-0.1, -0.05) is 126 Å². The summed E-state index contributed by atoms with van der Waals surface area (Å²) in [6, 6.07) is 26.6. The molecule has 0 aliphatic heterocycles. The van der Waals surface area contributed by atoms with Gasteiger partial charge in [-0.05, 0) is 126 Å². The lowest BCUT2D eigenvalue weighted by atomic mass is 9.92. The van der Waals surface area contributed by atoms with Crippen LogP contribution in [0.3, 0.4) is 0 Å². The normalized spacial score (nSPS) is 15.4. The Balaban J connectivity index is 2.18. The number of nitrogens with two attached hydrogens (primary N) is 1. The van der Waals surface area contributed by atoms with Gasteiger partial charge >= 0.3 is 12.1 Å². The molecule has 12 heteroatoms. The number of carbonyl (C=O) groups excluding carboxylic acids is 3. The molecule has 2 amide bonds. The molecular weight excluding hydrogens is 837 g/mol. The van der Waals surface area contributed by atoms with E-state index in [-0.39, 0.29) is 22.1 Å². The van der Waals surface area contributed by atoms with Gasteiger partial charge in [0.15, 0.2) is 22.7 Å². The molecule has 3 aromatic rings. The van der Waals surface area contributed by atoms with Crippen molar-refractivity contribution in [2.45, 2.75) is 181 Å². The Hall–Kier alpha value is -4.24. The minimum atomic E-state index is -2.55. The van der Waals surface area contributed by atoms with E-state index in [0.29, 0.717) is 19.3 Å². The Morgan fingerprint density at radius 3 is 1.59 bits per heavy atom. The van der Waals surface area contributed by atoms with Gasteiger partial charge < -0.3 is 34.1 Å². The van der Waals surface area contributed by atoms with Gasteiger partial charge in [0.2, 0.25) is 0 Å². The molecule has 0 heterocycles. The van der Waals surface area contributed by atoms with Gasteiger partial charge in [0.25, 0.3) is 5.91 Å². The SMILES string of the molecule is CC(C)(C)OC(=O)N[C@@H](Cc1ccc(OC(C)(C)C)cc1)[C@H](C/C=C/[C@H](O[Si](C)(C)C(C)(C)C)[C@@H](Cc1ccccc1)C(=O)O[C@@H](Cc1ccccc1)C(N)=O)O[Si](C)(C)C(C)(C)C. The minimum absolute atomic E-state index is 0.146. The van der Waals surface area contributed by atoms with Crippen LogP contribution in [0.2, 0.25) is 36.3 Å². The molecule has 0 unspecified atom stereocenters. The fourth-order valence-corrected chi connectivity index (χ4v) is 9.11. The number of carbonyl (C=O) groups is 3. The fourth-order valence-electron chi connectivity index (χ4n) is 6.46. The van der Waals surface area contributed by atoms with E-state index < -0.39 is 70.5 Å². The van der Waals surface area contributed by atoms with Crippen LogP contribution < -0.4 is 15.8 Å². The first-order valence-electron chi connectivity index (χ1n) is 22.7. The van der Waals surface area contributed by atoms with Gasteiger partial charge in [0.1, 0.15) is 17.0 Å². The van der Waals surface area contributed by atoms with Crippen molar-refractivity contribution in [2.75, 3.05) is 0 Å². The van der Waals surface area contributed by atoms with Crippen LogP contribution in [0.5, 0.6) is 5.75 Å². The lowest BCUT2D eigenvalue weighted by Gasteiger charge is -2.42. The average molecular weight is 917 g/mol. The van der Waals surface area contributed by atoms with Crippen molar-refractivity contribution in [2.24, 2.45) is 11.7 Å². The molecule has 0 aliphatic rings. The number of nitrogens with one attached hydrogen (secondary N) is 1. The Labute approximate surface area is 387 Å². The predicted molar refractivity (Wildman–Crippen MR) is 264 cm³/mol. The summed E-state index contributed by atoms with van der Waals surface area (Å²) in [6.07, 6.45) is 2.26. The first-order valence-corrected chi connectivity index (χ1v) is 28.5. The van der Waals surface area contributed by atoms with Gasteiger partial charge in [-0.3, -0.25) is 9.59 Å². The van der Waals surface area contributed by atoms with Crippen LogP contribution in [0.25, 0.3) is 0 Å². The van der Waals surface area contributed by atoms with Gasteiger partial charge in [0, 0.05) is 6.42 Å². The van der Waals surface area contributed by atoms with E-state index in [1.54, 1.807) is 0 Å². The molecule has 0 saturated heterocycles. The van der Waals surface area contributed by atoms with Crippen molar-refractivity contribution in [3.8, 4) is 5.75 Å². The molecule has 354 valence electrons. The Kier molecular flexibility index (Phi) is 18.9. The van der Waals surface area contributed by atoms with E-state index in [1.165, 1.54) is 0 Å². The zero-order valence-corrected chi connectivity index (χ0v) is 43.8. The van der Waals surface area contributed by atoms with Crippen LogP contribution in [-0.2, 0) is 47.2 Å². The monoisotopic (exact) mass is 917 g/mol. The van der Waals surface area contributed by atoms with E-state index in [0.717, 1.165) is 22.4 Å². The van der Waals surface area contributed by atoms with Gasteiger partial charge in [-0.25, -0.2) is 4.79 Å². The number of rotatable bonds is 20. The second-order valence-corrected chi connectivity index (χ2v) is 31.6. The summed E-state index contributed by atoms with van der Waals surface area (Å²) in [7, 11) is -5.02. The molecule has 0 bridgehead atoms. The summed E-state index contributed by atoms with van der Waals surface area (Å²) >= 11 is 0. The molecule has 0 fully saturated rings. The fraction of sp³-hybridized carbons (Fsp3) is 0.558. The number of hydrogen-bond donors (Lipinski definition) is 2. The zero-order chi connectivity index (χ0) is 48.3. The average Bonchev–Trinajstić information content (AvgIpc) is 3.15. The summed E-state index contributed by atoms with van der Waals surface area (Å²) in [6.45, 7) is 33.3. The largest absolute Gasteiger partial charge is 0.488 e. The predicted octanol–water partition coefficient (Wildman–Crippen LogP) is 11.5. The quantitative estimate of drug-likeness (QED) is 0.0650. The minimum Gasteiger partial charge on any atom is -0.488 e. The summed E-state index contributed by atoms with van der Waals surface area (Å²) in [4.78, 5) is 41.1. The van der Waals surface area contributed by atoms with Crippen LogP contribution in [0.4, 0.5) is 4.79 Å². The van der Waals surface area contributed by atoms with Crippen molar-refractivity contribution in [3.05, 3.63) is 114 Å². The summed E-state index contributed by atoms with van der Waals surface area (Å²) in [5, 5.41) is 2.85. The maximum absolute atomic E-state index is 14.7. The van der Waals surface area contributed by atoms with Crippen molar-refractivity contribution in [1.82, 2.24) is 5.32 Å². The molecule has 0 spiro atoms. The number of esters is 1. The first-order chi connectivity index (χ1) is 29.4.